The lowest BCUT2D eigenvalue weighted by atomic mass is 10.0. The van der Waals surface area contributed by atoms with Crippen LogP contribution in [0.25, 0.3) is 0 Å². The van der Waals surface area contributed by atoms with E-state index in [1.54, 1.807) is 0 Å². The van der Waals surface area contributed by atoms with Crippen LogP contribution in [-0.4, -0.2) is 38.5 Å². The Morgan fingerprint density at radius 1 is 0.882 bits per heavy atom. The number of hydrogen-bond acceptors (Lipinski definition) is 4. The molecule has 0 unspecified atom stereocenters. The van der Waals surface area contributed by atoms with Crippen LogP contribution >= 0.6 is 0 Å². The molecule has 0 aromatic heterocycles. The highest BCUT2D eigenvalue weighted by Gasteiger charge is 2.47. The maximum absolute atomic E-state index is 5.80. The fraction of sp³-hybridized carbons (Fsp3) is 1.00. The molecule has 2 saturated heterocycles. The number of ether oxygens (including phenoxy) is 4. The van der Waals surface area contributed by atoms with E-state index in [-0.39, 0.29) is 6.29 Å². The second kappa shape index (κ2) is 6.69. The van der Waals surface area contributed by atoms with E-state index in [1.807, 2.05) is 0 Å². The predicted molar refractivity (Wildman–Crippen MR) is 63.7 cm³/mol. The maximum Gasteiger partial charge on any atom is 0.220 e. The van der Waals surface area contributed by atoms with Gasteiger partial charge < -0.3 is 18.9 Å². The van der Waals surface area contributed by atoms with Crippen LogP contribution < -0.4 is 0 Å². The SMILES string of the molecule is CCCCCCCC12OCCOC1OCCO2. The van der Waals surface area contributed by atoms with Crippen molar-refractivity contribution < 1.29 is 18.9 Å². The average molecular weight is 244 g/mol. The molecule has 0 spiro atoms. The Morgan fingerprint density at radius 3 is 2.18 bits per heavy atom. The van der Waals surface area contributed by atoms with Gasteiger partial charge in [0.1, 0.15) is 0 Å². The van der Waals surface area contributed by atoms with Crippen LogP contribution in [0.3, 0.4) is 0 Å². The predicted octanol–water partition coefficient (Wildman–Crippen LogP) is 2.46. The van der Waals surface area contributed by atoms with Crippen LogP contribution in [0.2, 0.25) is 0 Å². The number of rotatable bonds is 6. The lowest BCUT2D eigenvalue weighted by Crippen LogP contribution is -2.57. The van der Waals surface area contributed by atoms with Gasteiger partial charge in [-0.1, -0.05) is 32.6 Å². The minimum Gasteiger partial charge on any atom is -0.345 e. The first kappa shape index (κ1) is 13.3. The van der Waals surface area contributed by atoms with Crippen molar-refractivity contribution in [3.8, 4) is 0 Å². The molecule has 0 bridgehead atoms. The van der Waals surface area contributed by atoms with Crippen LogP contribution in [0.15, 0.2) is 0 Å². The van der Waals surface area contributed by atoms with E-state index in [1.165, 1.54) is 25.7 Å². The fourth-order valence-electron chi connectivity index (χ4n) is 2.46. The third-order valence-electron chi connectivity index (χ3n) is 3.39. The van der Waals surface area contributed by atoms with Crippen molar-refractivity contribution in [3.05, 3.63) is 0 Å². The Balaban J connectivity index is 1.77. The molecule has 17 heavy (non-hydrogen) atoms. The average Bonchev–Trinajstić information content (AvgIpc) is 2.38. The Kier molecular flexibility index (Phi) is 5.22. The molecule has 2 aliphatic heterocycles. The molecular formula is C13H24O4. The van der Waals surface area contributed by atoms with E-state index >= 15 is 0 Å². The van der Waals surface area contributed by atoms with Gasteiger partial charge in [-0.15, -0.1) is 0 Å². The van der Waals surface area contributed by atoms with Gasteiger partial charge in [-0.2, -0.15) is 0 Å². The summed E-state index contributed by atoms with van der Waals surface area (Å²) in [6.07, 6.45) is 6.77. The fourth-order valence-corrected chi connectivity index (χ4v) is 2.46. The van der Waals surface area contributed by atoms with Crippen molar-refractivity contribution in [3.63, 3.8) is 0 Å². The number of fused-ring (bicyclic) bond motifs is 1. The third kappa shape index (κ3) is 3.41. The van der Waals surface area contributed by atoms with Crippen molar-refractivity contribution in [1.29, 1.82) is 0 Å². The summed E-state index contributed by atoms with van der Waals surface area (Å²) in [5.74, 6) is -0.622. The van der Waals surface area contributed by atoms with Gasteiger partial charge in [-0.25, -0.2) is 0 Å². The number of hydrogen-bond donors (Lipinski definition) is 0. The highest BCUT2D eigenvalue weighted by atomic mass is 16.8. The monoisotopic (exact) mass is 244 g/mol. The maximum atomic E-state index is 5.80. The first-order valence-electron chi connectivity index (χ1n) is 6.88. The Labute approximate surface area is 104 Å². The molecule has 2 fully saturated rings. The lowest BCUT2D eigenvalue weighted by molar-refractivity contribution is -0.412. The largest absolute Gasteiger partial charge is 0.345 e. The molecule has 0 aromatic rings. The summed E-state index contributed by atoms with van der Waals surface area (Å²) in [6.45, 7) is 4.64. The van der Waals surface area contributed by atoms with Gasteiger partial charge in [0.2, 0.25) is 12.1 Å². The smallest absolute Gasteiger partial charge is 0.220 e. The molecule has 4 heteroatoms. The normalized spacial score (nSPS) is 33.4. The first-order chi connectivity index (χ1) is 8.37. The molecule has 0 saturated carbocycles. The third-order valence-corrected chi connectivity index (χ3v) is 3.39. The molecule has 100 valence electrons. The van der Waals surface area contributed by atoms with Crippen LogP contribution in [0, 0.1) is 0 Å². The van der Waals surface area contributed by atoms with E-state index in [2.05, 4.69) is 6.92 Å². The summed E-state index contributed by atoms with van der Waals surface area (Å²) in [4.78, 5) is 0. The standard InChI is InChI=1S/C13H24O4/c1-2-3-4-5-6-7-13-12(14-8-10-16-13)15-9-11-17-13/h12H,2-11H2,1H3. The van der Waals surface area contributed by atoms with Crippen molar-refractivity contribution >= 4 is 0 Å². The quantitative estimate of drug-likeness (QED) is 0.673. The topological polar surface area (TPSA) is 36.9 Å². The highest BCUT2D eigenvalue weighted by molar-refractivity contribution is 4.80. The zero-order valence-electron chi connectivity index (χ0n) is 10.8. The van der Waals surface area contributed by atoms with E-state index in [9.17, 15) is 0 Å². The summed E-state index contributed by atoms with van der Waals surface area (Å²) in [5.41, 5.74) is 0. The van der Waals surface area contributed by atoms with Crippen molar-refractivity contribution in [1.82, 2.24) is 0 Å². The van der Waals surface area contributed by atoms with Gasteiger partial charge in [0.15, 0.2) is 0 Å². The van der Waals surface area contributed by atoms with E-state index in [4.69, 9.17) is 18.9 Å². The molecular weight excluding hydrogens is 220 g/mol. The summed E-state index contributed by atoms with van der Waals surface area (Å²) in [6, 6.07) is 0. The Bertz CT molecular complexity index is 207. The second-order valence-electron chi connectivity index (χ2n) is 4.75. The summed E-state index contributed by atoms with van der Waals surface area (Å²) in [7, 11) is 0. The molecule has 0 amide bonds. The van der Waals surface area contributed by atoms with E-state index < -0.39 is 5.79 Å². The molecule has 0 radical (unpaired) electrons. The van der Waals surface area contributed by atoms with Crippen LogP contribution in [0.5, 0.6) is 0 Å². The van der Waals surface area contributed by atoms with Crippen molar-refractivity contribution in [2.45, 2.75) is 57.5 Å². The first-order valence-corrected chi connectivity index (χ1v) is 6.88. The Hall–Kier alpha value is -0.160. The van der Waals surface area contributed by atoms with Gasteiger partial charge in [-0.05, 0) is 6.42 Å². The molecule has 0 N–H and O–H groups in total. The summed E-state index contributed by atoms with van der Waals surface area (Å²) in [5, 5.41) is 0. The number of unbranched alkanes of at least 4 members (excludes halogenated alkanes) is 4. The molecule has 0 aromatic carbocycles. The lowest BCUT2D eigenvalue weighted by Gasteiger charge is -2.45. The van der Waals surface area contributed by atoms with Crippen LogP contribution in [0.4, 0.5) is 0 Å². The zero-order chi connectivity index (χ0) is 12.0. The van der Waals surface area contributed by atoms with Gasteiger partial charge in [0.05, 0.1) is 26.4 Å². The molecule has 2 heterocycles. The summed E-state index contributed by atoms with van der Waals surface area (Å²) >= 11 is 0. The molecule has 2 rings (SSSR count). The van der Waals surface area contributed by atoms with Gasteiger partial charge >= 0.3 is 0 Å². The van der Waals surface area contributed by atoms with Crippen molar-refractivity contribution in [2.75, 3.05) is 26.4 Å². The minimum absolute atomic E-state index is 0.323. The van der Waals surface area contributed by atoms with Crippen LogP contribution in [0.1, 0.15) is 45.4 Å². The van der Waals surface area contributed by atoms with Gasteiger partial charge in [0, 0.05) is 6.42 Å². The Morgan fingerprint density at radius 2 is 1.53 bits per heavy atom. The molecule has 4 nitrogen and oxygen atoms in total. The van der Waals surface area contributed by atoms with E-state index in [0.717, 1.165) is 12.8 Å². The van der Waals surface area contributed by atoms with E-state index in [0.29, 0.717) is 26.4 Å². The minimum atomic E-state index is -0.622. The molecule has 0 atom stereocenters. The van der Waals surface area contributed by atoms with Crippen LogP contribution in [-0.2, 0) is 18.9 Å². The molecule has 2 aliphatic rings. The van der Waals surface area contributed by atoms with Gasteiger partial charge in [0.25, 0.3) is 0 Å². The second-order valence-corrected chi connectivity index (χ2v) is 4.75. The van der Waals surface area contributed by atoms with Gasteiger partial charge in [-0.3, -0.25) is 0 Å². The van der Waals surface area contributed by atoms with Crippen molar-refractivity contribution in [2.24, 2.45) is 0 Å². The summed E-state index contributed by atoms with van der Waals surface area (Å²) < 4.78 is 22.8. The molecule has 0 aliphatic carbocycles. The highest BCUT2D eigenvalue weighted by Crippen LogP contribution is 2.33. The zero-order valence-corrected chi connectivity index (χ0v) is 10.8.